The first-order valence-electron chi connectivity index (χ1n) is 7.23. The van der Waals surface area contributed by atoms with E-state index in [1.54, 1.807) is 13.1 Å². The molecule has 26 heavy (non-hydrogen) atoms. The van der Waals surface area contributed by atoms with Gasteiger partial charge in [-0.05, 0) is 13.0 Å². The van der Waals surface area contributed by atoms with E-state index in [0.717, 1.165) is 12.3 Å². The van der Waals surface area contributed by atoms with Gasteiger partial charge in [-0.2, -0.15) is 18.3 Å². The Hall–Kier alpha value is -3.17. The molecule has 0 saturated carbocycles. The minimum absolute atomic E-state index is 0.204. The van der Waals surface area contributed by atoms with Crippen LogP contribution in [0.5, 0.6) is 17.4 Å². The molecule has 0 atom stereocenters. The van der Waals surface area contributed by atoms with E-state index in [-0.39, 0.29) is 17.3 Å². The largest absolute Gasteiger partial charge is 0.478 e. The lowest BCUT2D eigenvalue weighted by molar-refractivity contribution is -0.153. The van der Waals surface area contributed by atoms with Crippen LogP contribution in [0.15, 0.2) is 30.6 Å². The number of aldehydes is 1. The Labute approximate surface area is 144 Å². The van der Waals surface area contributed by atoms with Gasteiger partial charge in [0, 0.05) is 23.9 Å². The third-order valence-electron chi connectivity index (χ3n) is 3.27. The van der Waals surface area contributed by atoms with Crippen molar-refractivity contribution in [1.82, 2.24) is 14.6 Å². The Balaban J connectivity index is 1.94. The van der Waals surface area contributed by atoms with Crippen molar-refractivity contribution in [3.05, 3.63) is 47.7 Å². The fraction of sp³-hybridized carbons (Fsp3) is 0.188. The number of ether oxygens (including phenoxy) is 2. The van der Waals surface area contributed by atoms with Gasteiger partial charge in [0.2, 0.25) is 0 Å². The minimum Gasteiger partial charge on any atom is -0.478 e. The predicted octanol–water partition coefficient (Wildman–Crippen LogP) is 3.72. The van der Waals surface area contributed by atoms with Crippen molar-refractivity contribution in [2.75, 3.05) is 6.61 Å². The van der Waals surface area contributed by atoms with Crippen LogP contribution in [0, 0.1) is 12.7 Å². The van der Waals surface area contributed by atoms with Crippen molar-refractivity contribution in [2.45, 2.75) is 13.1 Å². The molecular weight excluding hydrogens is 358 g/mol. The number of carbonyl (C=O) groups is 1. The summed E-state index contributed by atoms with van der Waals surface area (Å²) >= 11 is 0. The van der Waals surface area contributed by atoms with Gasteiger partial charge in [-0.15, -0.1) is 0 Å². The van der Waals surface area contributed by atoms with Gasteiger partial charge in [0.1, 0.15) is 17.3 Å². The van der Waals surface area contributed by atoms with Gasteiger partial charge in [0.15, 0.2) is 18.6 Å². The summed E-state index contributed by atoms with van der Waals surface area (Å²) in [7, 11) is 0. The van der Waals surface area contributed by atoms with Crippen LogP contribution in [0.1, 0.15) is 16.1 Å². The summed E-state index contributed by atoms with van der Waals surface area (Å²) in [5.41, 5.74) is 1.29. The molecule has 3 aromatic heterocycles. The molecule has 10 heteroatoms. The average Bonchev–Trinajstić information content (AvgIpc) is 2.96. The first kappa shape index (κ1) is 17.6. The molecule has 0 saturated heterocycles. The van der Waals surface area contributed by atoms with E-state index in [1.165, 1.54) is 16.6 Å². The van der Waals surface area contributed by atoms with Crippen molar-refractivity contribution in [1.29, 1.82) is 0 Å². The van der Waals surface area contributed by atoms with E-state index in [9.17, 15) is 22.4 Å². The second kappa shape index (κ2) is 6.62. The molecule has 3 rings (SSSR count). The summed E-state index contributed by atoms with van der Waals surface area (Å²) in [6.45, 7) is 0.0502. The van der Waals surface area contributed by atoms with Gasteiger partial charge in [0.05, 0.1) is 11.7 Å². The Morgan fingerprint density at radius 3 is 2.69 bits per heavy atom. The van der Waals surface area contributed by atoms with E-state index in [1.807, 2.05) is 0 Å². The molecule has 0 unspecified atom stereocenters. The number of alkyl halides is 3. The van der Waals surface area contributed by atoms with Crippen LogP contribution in [0.25, 0.3) is 5.52 Å². The van der Waals surface area contributed by atoms with Gasteiger partial charge >= 0.3 is 6.18 Å². The number of hydrogen-bond donors (Lipinski definition) is 0. The fourth-order valence-corrected chi connectivity index (χ4v) is 2.15. The fourth-order valence-electron chi connectivity index (χ4n) is 2.15. The molecule has 0 bridgehead atoms. The molecule has 3 heterocycles. The minimum atomic E-state index is -4.60. The molecule has 0 N–H and O–H groups in total. The summed E-state index contributed by atoms with van der Waals surface area (Å²) in [4.78, 5) is 14.5. The number of hydrogen-bond acceptors (Lipinski definition) is 5. The zero-order valence-corrected chi connectivity index (χ0v) is 13.2. The second-order valence-corrected chi connectivity index (χ2v) is 5.34. The Morgan fingerprint density at radius 1 is 1.23 bits per heavy atom. The molecule has 0 aliphatic heterocycles. The zero-order valence-electron chi connectivity index (χ0n) is 13.2. The zero-order chi connectivity index (χ0) is 18.9. The highest BCUT2D eigenvalue weighted by Crippen LogP contribution is 2.33. The maximum Gasteiger partial charge on any atom is 0.422 e. The SMILES string of the molecule is Cc1cn2nc(C=O)cc2cc1Oc1ncc(F)cc1OCC(F)(F)F. The number of nitrogens with zero attached hydrogens (tertiary/aromatic N) is 3. The highest BCUT2D eigenvalue weighted by Gasteiger charge is 2.29. The lowest BCUT2D eigenvalue weighted by Crippen LogP contribution is -2.19. The number of halogens is 4. The first-order valence-corrected chi connectivity index (χ1v) is 7.23. The highest BCUT2D eigenvalue weighted by atomic mass is 19.4. The Morgan fingerprint density at radius 2 is 2.00 bits per heavy atom. The van der Waals surface area contributed by atoms with Crippen LogP contribution in [0.4, 0.5) is 17.6 Å². The van der Waals surface area contributed by atoms with Crippen molar-refractivity contribution < 1.29 is 31.8 Å². The number of fused-ring (bicyclic) bond motifs is 1. The third kappa shape index (κ3) is 3.90. The van der Waals surface area contributed by atoms with Crippen molar-refractivity contribution in [2.24, 2.45) is 0 Å². The van der Waals surface area contributed by atoms with Crippen molar-refractivity contribution in [3.8, 4) is 17.4 Å². The van der Waals surface area contributed by atoms with Crippen LogP contribution in [-0.4, -0.2) is 33.7 Å². The number of aromatic nitrogens is 3. The van der Waals surface area contributed by atoms with Gasteiger partial charge in [-0.25, -0.2) is 13.9 Å². The third-order valence-corrected chi connectivity index (χ3v) is 3.27. The molecular formula is C16H11F4N3O3. The molecule has 0 radical (unpaired) electrons. The number of pyridine rings is 2. The van der Waals surface area contributed by atoms with Crippen LogP contribution in [0.3, 0.4) is 0 Å². The highest BCUT2D eigenvalue weighted by molar-refractivity contribution is 5.75. The van der Waals surface area contributed by atoms with Gasteiger partial charge in [-0.3, -0.25) is 4.79 Å². The molecule has 0 aliphatic rings. The van der Waals surface area contributed by atoms with Crippen LogP contribution >= 0.6 is 0 Å². The van der Waals surface area contributed by atoms with Crippen LogP contribution in [0.2, 0.25) is 0 Å². The predicted molar refractivity (Wildman–Crippen MR) is 81.1 cm³/mol. The summed E-state index contributed by atoms with van der Waals surface area (Å²) < 4.78 is 61.9. The maximum absolute atomic E-state index is 13.3. The molecule has 0 aliphatic carbocycles. The Bertz CT molecular complexity index is 969. The Kier molecular flexibility index (Phi) is 4.49. The van der Waals surface area contributed by atoms with E-state index in [2.05, 4.69) is 14.8 Å². The summed E-state index contributed by atoms with van der Waals surface area (Å²) in [6, 6.07) is 3.78. The lowest BCUT2D eigenvalue weighted by Gasteiger charge is -2.14. The molecule has 136 valence electrons. The summed E-state index contributed by atoms with van der Waals surface area (Å²) in [6.07, 6.45) is -1.65. The molecule has 0 fully saturated rings. The van der Waals surface area contributed by atoms with Crippen molar-refractivity contribution in [3.63, 3.8) is 0 Å². The average molecular weight is 369 g/mol. The smallest absolute Gasteiger partial charge is 0.422 e. The lowest BCUT2D eigenvalue weighted by atomic mass is 10.2. The molecule has 0 aromatic carbocycles. The van der Waals surface area contributed by atoms with Gasteiger partial charge in [0.25, 0.3) is 5.88 Å². The number of rotatable bonds is 5. The molecule has 3 aromatic rings. The maximum atomic E-state index is 13.3. The standard InChI is InChI=1S/C16H11F4N3O3/c1-9-6-23-12(3-11(7-24)22-23)4-13(9)26-15-14(2-10(17)5-21-15)25-8-16(18,19)20/h2-7H,8H2,1H3. The molecule has 0 spiro atoms. The van der Waals surface area contributed by atoms with E-state index < -0.39 is 24.3 Å². The van der Waals surface area contributed by atoms with E-state index in [4.69, 9.17) is 4.74 Å². The summed E-state index contributed by atoms with van der Waals surface area (Å²) in [5, 5.41) is 4.00. The number of aryl methyl sites for hydroxylation is 1. The monoisotopic (exact) mass is 369 g/mol. The summed E-state index contributed by atoms with van der Waals surface area (Å²) in [5.74, 6) is -1.43. The molecule has 6 nitrogen and oxygen atoms in total. The quantitative estimate of drug-likeness (QED) is 0.507. The van der Waals surface area contributed by atoms with Crippen molar-refractivity contribution >= 4 is 11.8 Å². The molecule has 0 amide bonds. The van der Waals surface area contributed by atoms with Gasteiger partial charge in [-0.1, -0.05) is 0 Å². The van der Waals surface area contributed by atoms with Crippen LogP contribution < -0.4 is 9.47 Å². The topological polar surface area (TPSA) is 65.7 Å². The second-order valence-electron chi connectivity index (χ2n) is 5.34. The normalized spacial score (nSPS) is 11.6. The van der Waals surface area contributed by atoms with E-state index in [0.29, 0.717) is 17.4 Å². The van der Waals surface area contributed by atoms with Crippen LogP contribution in [-0.2, 0) is 0 Å². The first-order chi connectivity index (χ1) is 12.2. The number of carbonyl (C=O) groups excluding carboxylic acids is 1. The van der Waals surface area contributed by atoms with E-state index >= 15 is 0 Å². The van der Waals surface area contributed by atoms with Gasteiger partial charge < -0.3 is 9.47 Å².